The number of nitrogens with zero attached hydrogens (tertiary/aromatic N) is 3. The predicted molar refractivity (Wildman–Crippen MR) is 99.8 cm³/mol. The summed E-state index contributed by atoms with van der Waals surface area (Å²) in [6.07, 6.45) is 0. The van der Waals surface area contributed by atoms with Crippen molar-refractivity contribution in [2.45, 2.75) is 11.4 Å². The topological polar surface area (TPSA) is 93.0 Å². The van der Waals surface area contributed by atoms with Gasteiger partial charge in [0.15, 0.2) is 0 Å². The zero-order valence-corrected chi connectivity index (χ0v) is 15.1. The summed E-state index contributed by atoms with van der Waals surface area (Å²) in [5, 5.41) is 10.6. The van der Waals surface area contributed by atoms with Crippen molar-refractivity contribution in [2.24, 2.45) is 0 Å². The highest BCUT2D eigenvalue weighted by atomic mass is 32.2. The number of carbonyl (C=O) groups excluding carboxylic acids is 2. The molecule has 1 unspecified atom stereocenters. The van der Waals surface area contributed by atoms with E-state index >= 15 is 0 Å². The van der Waals surface area contributed by atoms with Crippen molar-refractivity contribution in [3.8, 4) is 5.75 Å². The summed E-state index contributed by atoms with van der Waals surface area (Å²) in [6.45, 7) is 0. The number of non-ortho nitro benzene ring substituents is 1. The maximum atomic E-state index is 13.0. The van der Waals surface area contributed by atoms with Crippen LogP contribution in [0.4, 0.5) is 16.2 Å². The molecule has 27 heavy (non-hydrogen) atoms. The maximum Gasteiger partial charge on any atom is 0.333 e. The van der Waals surface area contributed by atoms with Crippen LogP contribution in [0.1, 0.15) is 10.9 Å². The number of anilines is 1. The molecule has 0 saturated carbocycles. The van der Waals surface area contributed by atoms with E-state index in [0.717, 1.165) is 4.90 Å². The minimum atomic E-state index is -0.575. The SMILES string of the molecule is COc1ccc(N2C(=O)[C@@H]3CSC(c4cccc([N+](=O)[O-])c4)N3C2=O)cc1. The van der Waals surface area contributed by atoms with Gasteiger partial charge in [0, 0.05) is 17.9 Å². The summed E-state index contributed by atoms with van der Waals surface area (Å²) >= 11 is 1.43. The normalized spacial score (nSPS) is 21.5. The number of hydrogen-bond donors (Lipinski definition) is 0. The zero-order chi connectivity index (χ0) is 19.1. The first-order valence-electron chi connectivity index (χ1n) is 8.17. The van der Waals surface area contributed by atoms with Crippen LogP contribution in [0.2, 0.25) is 0 Å². The highest BCUT2D eigenvalue weighted by Crippen LogP contribution is 2.46. The van der Waals surface area contributed by atoms with Crippen molar-refractivity contribution in [1.29, 1.82) is 0 Å². The fourth-order valence-electron chi connectivity index (χ4n) is 3.31. The number of methoxy groups -OCH3 is 1. The van der Waals surface area contributed by atoms with Crippen LogP contribution in [0, 0.1) is 10.1 Å². The van der Waals surface area contributed by atoms with Gasteiger partial charge in [0.05, 0.1) is 17.7 Å². The van der Waals surface area contributed by atoms with Crippen LogP contribution >= 0.6 is 11.8 Å². The summed E-state index contributed by atoms with van der Waals surface area (Å²) in [6, 6.07) is 11.9. The first-order chi connectivity index (χ1) is 13.0. The van der Waals surface area contributed by atoms with Gasteiger partial charge in [-0.05, 0) is 29.8 Å². The molecule has 2 heterocycles. The highest BCUT2D eigenvalue weighted by Gasteiger charge is 2.53. The molecule has 0 N–H and O–H groups in total. The van der Waals surface area contributed by atoms with E-state index in [1.54, 1.807) is 36.4 Å². The number of fused-ring (bicyclic) bond motifs is 1. The maximum absolute atomic E-state index is 13.0. The highest BCUT2D eigenvalue weighted by molar-refractivity contribution is 7.99. The molecule has 2 aromatic carbocycles. The van der Waals surface area contributed by atoms with Gasteiger partial charge in [-0.1, -0.05) is 12.1 Å². The molecule has 2 aromatic rings. The molecule has 2 aliphatic rings. The van der Waals surface area contributed by atoms with E-state index in [1.165, 1.54) is 35.9 Å². The van der Waals surface area contributed by atoms with Crippen LogP contribution in [0.25, 0.3) is 0 Å². The largest absolute Gasteiger partial charge is 0.497 e. The van der Waals surface area contributed by atoms with E-state index in [-0.39, 0.29) is 11.6 Å². The third-order valence-electron chi connectivity index (χ3n) is 4.61. The molecule has 3 amide bonds. The summed E-state index contributed by atoms with van der Waals surface area (Å²) in [4.78, 5) is 39.1. The molecule has 2 atom stereocenters. The second-order valence-electron chi connectivity index (χ2n) is 6.12. The van der Waals surface area contributed by atoms with Gasteiger partial charge in [0.25, 0.3) is 11.6 Å². The molecular weight excluding hydrogens is 370 g/mol. The van der Waals surface area contributed by atoms with E-state index in [0.29, 0.717) is 22.8 Å². The third-order valence-corrected chi connectivity index (χ3v) is 5.94. The fraction of sp³-hybridized carbons (Fsp3) is 0.222. The number of carbonyl (C=O) groups is 2. The molecule has 0 radical (unpaired) electrons. The standard InChI is InChI=1S/C18H15N3O5S/c1-26-14-7-5-12(6-8-14)19-16(22)15-10-27-17(20(15)18(19)23)11-3-2-4-13(9-11)21(24)25/h2-9,15,17H,10H2,1H3/t15-,17?/m0/s1. The van der Waals surface area contributed by atoms with Gasteiger partial charge in [-0.25, -0.2) is 9.69 Å². The number of hydrogen-bond acceptors (Lipinski definition) is 6. The Morgan fingerprint density at radius 2 is 1.93 bits per heavy atom. The monoisotopic (exact) mass is 385 g/mol. The minimum absolute atomic E-state index is 0.0402. The lowest BCUT2D eigenvalue weighted by atomic mass is 10.1. The van der Waals surface area contributed by atoms with Crippen LogP contribution < -0.4 is 9.64 Å². The van der Waals surface area contributed by atoms with Crippen molar-refractivity contribution in [1.82, 2.24) is 4.90 Å². The molecule has 2 fully saturated rings. The Balaban J connectivity index is 1.66. The number of nitro benzene ring substituents is 1. The molecule has 0 aromatic heterocycles. The smallest absolute Gasteiger partial charge is 0.333 e. The average Bonchev–Trinajstić information content (AvgIpc) is 3.22. The van der Waals surface area contributed by atoms with Gasteiger partial charge in [-0.15, -0.1) is 11.8 Å². The van der Waals surface area contributed by atoms with E-state index in [9.17, 15) is 19.7 Å². The van der Waals surface area contributed by atoms with Crippen molar-refractivity contribution in [2.75, 3.05) is 17.8 Å². The lowest BCUT2D eigenvalue weighted by molar-refractivity contribution is -0.384. The predicted octanol–water partition coefficient (Wildman–Crippen LogP) is 3.19. The number of urea groups is 1. The van der Waals surface area contributed by atoms with Gasteiger partial charge in [0.1, 0.15) is 17.2 Å². The number of rotatable bonds is 4. The number of benzene rings is 2. The van der Waals surface area contributed by atoms with Gasteiger partial charge in [-0.3, -0.25) is 19.8 Å². The van der Waals surface area contributed by atoms with Gasteiger partial charge in [0.2, 0.25) is 0 Å². The lowest BCUT2D eigenvalue weighted by Gasteiger charge is -2.23. The van der Waals surface area contributed by atoms with Crippen LogP contribution in [0.5, 0.6) is 5.75 Å². The molecule has 0 bridgehead atoms. The first kappa shape index (κ1) is 17.3. The van der Waals surface area contributed by atoms with Crippen molar-refractivity contribution in [3.05, 3.63) is 64.2 Å². The van der Waals surface area contributed by atoms with Gasteiger partial charge in [-0.2, -0.15) is 0 Å². The molecular formula is C18H15N3O5S. The Hall–Kier alpha value is -3.07. The number of nitro groups is 1. The Bertz CT molecular complexity index is 933. The van der Waals surface area contributed by atoms with E-state index in [1.807, 2.05) is 0 Å². The fourth-order valence-corrected chi connectivity index (χ4v) is 4.71. The number of amides is 3. The second-order valence-corrected chi connectivity index (χ2v) is 7.23. The van der Waals surface area contributed by atoms with Crippen LogP contribution in [0.3, 0.4) is 0 Å². The Morgan fingerprint density at radius 3 is 2.59 bits per heavy atom. The molecule has 4 rings (SSSR count). The number of imide groups is 1. The van der Waals surface area contributed by atoms with E-state index < -0.39 is 22.4 Å². The quantitative estimate of drug-likeness (QED) is 0.456. The van der Waals surface area contributed by atoms with E-state index in [2.05, 4.69) is 0 Å². The van der Waals surface area contributed by atoms with Crippen LogP contribution in [-0.2, 0) is 4.79 Å². The van der Waals surface area contributed by atoms with E-state index in [4.69, 9.17) is 4.74 Å². The van der Waals surface area contributed by atoms with Crippen molar-refractivity contribution < 1.29 is 19.2 Å². The Morgan fingerprint density at radius 1 is 1.19 bits per heavy atom. The third kappa shape index (κ3) is 2.80. The zero-order valence-electron chi connectivity index (χ0n) is 14.3. The Kier molecular flexibility index (Phi) is 4.23. The molecule has 138 valence electrons. The molecule has 8 nitrogen and oxygen atoms in total. The lowest BCUT2D eigenvalue weighted by Crippen LogP contribution is -2.33. The van der Waals surface area contributed by atoms with Crippen LogP contribution in [0.15, 0.2) is 48.5 Å². The summed E-state index contributed by atoms with van der Waals surface area (Å²) < 4.78 is 5.11. The molecule has 2 aliphatic heterocycles. The molecule has 2 saturated heterocycles. The average molecular weight is 385 g/mol. The number of thioether (sulfide) groups is 1. The minimum Gasteiger partial charge on any atom is -0.497 e. The summed E-state index contributed by atoms with van der Waals surface area (Å²) in [5.41, 5.74) is 1.07. The van der Waals surface area contributed by atoms with Crippen molar-refractivity contribution in [3.63, 3.8) is 0 Å². The van der Waals surface area contributed by atoms with Gasteiger partial charge >= 0.3 is 6.03 Å². The number of ether oxygens (including phenoxy) is 1. The summed E-state index contributed by atoms with van der Waals surface area (Å²) in [5.74, 6) is 0.791. The second kappa shape index (κ2) is 6.58. The molecule has 0 spiro atoms. The van der Waals surface area contributed by atoms with Crippen LogP contribution in [-0.4, -0.2) is 40.7 Å². The molecule has 0 aliphatic carbocycles. The summed E-state index contributed by atoms with van der Waals surface area (Å²) in [7, 11) is 1.54. The first-order valence-corrected chi connectivity index (χ1v) is 9.22. The Labute approximate surface area is 158 Å². The van der Waals surface area contributed by atoms with Gasteiger partial charge < -0.3 is 4.74 Å². The molecule has 9 heteroatoms. The van der Waals surface area contributed by atoms with Crippen molar-refractivity contribution >= 4 is 35.1 Å².